The van der Waals surface area contributed by atoms with Gasteiger partial charge in [-0.05, 0) is 30.5 Å². The van der Waals surface area contributed by atoms with Crippen LogP contribution in [0.25, 0.3) is 5.69 Å². The Morgan fingerprint density at radius 1 is 1.38 bits per heavy atom. The van der Waals surface area contributed by atoms with Crippen molar-refractivity contribution in [3.63, 3.8) is 0 Å². The maximum atomic E-state index is 8.75. The lowest BCUT2D eigenvalue weighted by Crippen LogP contribution is -1.97. The van der Waals surface area contributed by atoms with Crippen molar-refractivity contribution in [3.8, 4) is 5.69 Å². The van der Waals surface area contributed by atoms with Crippen LogP contribution >= 0.6 is 11.6 Å². The first-order valence-electron chi connectivity index (χ1n) is 5.05. The molecule has 1 aromatic carbocycles. The second kappa shape index (κ2) is 5.09. The van der Waals surface area contributed by atoms with E-state index in [1.54, 1.807) is 11.0 Å². The van der Waals surface area contributed by atoms with Crippen molar-refractivity contribution in [3.05, 3.63) is 41.4 Å². The summed E-state index contributed by atoms with van der Waals surface area (Å²) in [6.07, 6.45) is 4.65. The van der Waals surface area contributed by atoms with Gasteiger partial charge >= 0.3 is 0 Å². The zero-order chi connectivity index (χ0) is 11.4. The lowest BCUT2D eigenvalue weighted by atomic mass is 10.1. The summed E-state index contributed by atoms with van der Waals surface area (Å²) in [6.45, 7) is 0.197. The molecule has 0 fully saturated rings. The molecule has 1 N–H and O–H groups in total. The molecule has 0 atom stereocenters. The van der Waals surface area contributed by atoms with E-state index in [1.165, 1.54) is 6.33 Å². The fourth-order valence-electron chi connectivity index (χ4n) is 1.51. The van der Waals surface area contributed by atoms with Gasteiger partial charge in [0.15, 0.2) is 0 Å². The van der Waals surface area contributed by atoms with Crippen molar-refractivity contribution >= 4 is 11.6 Å². The molecule has 0 radical (unpaired) electrons. The Morgan fingerprint density at radius 3 is 2.88 bits per heavy atom. The van der Waals surface area contributed by atoms with Gasteiger partial charge in [-0.2, -0.15) is 5.10 Å². The van der Waals surface area contributed by atoms with Crippen molar-refractivity contribution in [2.45, 2.75) is 12.8 Å². The van der Waals surface area contributed by atoms with Crippen molar-refractivity contribution in [2.75, 3.05) is 6.61 Å². The average Bonchev–Trinajstić information content (AvgIpc) is 2.80. The smallest absolute Gasteiger partial charge is 0.138 e. The molecule has 2 rings (SSSR count). The van der Waals surface area contributed by atoms with Crippen molar-refractivity contribution in [1.29, 1.82) is 0 Å². The second-order valence-electron chi connectivity index (χ2n) is 3.45. The number of hydrogen-bond donors (Lipinski definition) is 1. The number of aliphatic hydroxyl groups is 1. The van der Waals surface area contributed by atoms with E-state index in [9.17, 15) is 0 Å². The van der Waals surface area contributed by atoms with Crippen LogP contribution < -0.4 is 0 Å². The van der Waals surface area contributed by atoms with E-state index in [4.69, 9.17) is 16.7 Å². The van der Waals surface area contributed by atoms with E-state index in [0.29, 0.717) is 5.02 Å². The first-order chi connectivity index (χ1) is 7.81. The summed E-state index contributed by atoms with van der Waals surface area (Å²) in [5.41, 5.74) is 1.93. The van der Waals surface area contributed by atoms with Crippen LogP contribution in [-0.4, -0.2) is 26.5 Å². The number of aromatic nitrogens is 3. The summed E-state index contributed by atoms with van der Waals surface area (Å²) in [4.78, 5) is 3.87. The van der Waals surface area contributed by atoms with Crippen molar-refractivity contribution in [2.24, 2.45) is 0 Å². The summed E-state index contributed by atoms with van der Waals surface area (Å²) in [7, 11) is 0. The Bertz CT molecular complexity index is 456. The van der Waals surface area contributed by atoms with Crippen LogP contribution in [-0.2, 0) is 6.42 Å². The summed E-state index contributed by atoms with van der Waals surface area (Å²) in [5.74, 6) is 0. The van der Waals surface area contributed by atoms with Crippen molar-refractivity contribution < 1.29 is 5.11 Å². The number of aryl methyl sites for hydroxylation is 1. The molecule has 0 amide bonds. The van der Waals surface area contributed by atoms with Crippen LogP contribution in [0, 0.1) is 0 Å². The summed E-state index contributed by atoms with van der Waals surface area (Å²) in [5, 5.41) is 13.4. The van der Waals surface area contributed by atoms with Gasteiger partial charge in [0.2, 0.25) is 0 Å². The Hall–Kier alpha value is -1.39. The number of hydrogen-bond acceptors (Lipinski definition) is 3. The van der Waals surface area contributed by atoms with Crippen LogP contribution in [0.5, 0.6) is 0 Å². The first-order valence-corrected chi connectivity index (χ1v) is 5.43. The number of benzene rings is 1. The highest BCUT2D eigenvalue weighted by atomic mass is 35.5. The zero-order valence-electron chi connectivity index (χ0n) is 8.67. The molecule has 2 aromatic rings. The second-order valence-corrected chi connectivity index (χ2v) is 3.86. The summed E-state index contributed by atoms with van der Waals surface area (Å²) < 4.78 is 1.62. The maximum absolute atomic E-state index is 8.75. The normalized spacial score (nSPS) is 10.6. The number of halogens is 1. The molecule has 5 heteroatoms. The van der Waals surface area contributed by atoms with Gasteiger partial charge in [-0.1, -0.05) is 17.7 Å². The highest BCUT2D eigenvalue weighted by molar-refractivity contribution is 6.32. The van der Waals surface area contributed by atoms with E-state index in [1.807, 2.05) is 18.2 Å². The molecule has 0 spiro atoms. The largest absolute Gasteiger partial charge is 0.396 e. The highest BCUT2D eigenvalue weighted by Crippen LogP contribution is 2.21. The summed E-state index contributed by atoms with van der Waals surface area (Å²) >= 11 is 6.15. The van der Waals surface area contributed by atoms with Crippen LogP contribution in [0.2, 0.25) is 5.02 Å². The van der Waals surface area contributed by atoms with E-state index < -0.39 is 0 Å². The molecule has 0 aliphatic heterocycles. The third-order valence-electron chi connectivity index (χ3n) is 2.30. The predicted molar refractivity (Wildman–Crippen MR) is 61.8 cm³/mol. The van der Waals surface area contributed by atoms with Gasteiger partial charge < -0.3 is 5.11 Å². The SMILES string of the molecule is OCCCc1ccc(-n2cncn2)c(Cl)c1. The molecule has 0 saturated carbocycles. The van der Waals surface area contributed by atoms with Gasteiger partial charge in [0.05, 0.1) is 10.7 Å². The molecule has 0 unspecified atom stereocenters. The van der Waals surface area contributed by atoms with Gasteiger partial charge in [-0.25, -0.2) is 9.67 Å². The number of rotatable bonds is 4. The topological polar surface area (TPSA) is 50.9 Å². The third-order valence-corrected chi connectivity index (χ3v) is 2.60. The lowest BCUT2D eigenvalue weighted by molar-refractivity contribution is 0.288. The average molecular weight is 238 g/mol. The predicted octanol–water partition coefficient (Wildman–Crippen LogP) is 1.85. The standard InChI is InChI=1S/C11H12ClN3O/c12-10-6-9(2-1-5-16)3-4-11(10)15-8-13-7-14-15/h3-4,6-8,16H,1-2,5H2. The minimum Gasteiger partial charge on any atom is -0.396 e. The molecular formula is C11H12ClN3O. The van der Waals surface area contributed by atoms with Crippen molar-refractivity contribution in [1.82, 2.24) is 14.8 Å². The minimum absolute atomic E-state index is 0.197. The highest BCUT2D eigenvalue weighted by Gasteiger charge is 2.04. The van der Waals surface area contributed by atoms with E-state index >= 15 is 0 Å². The zero-order valence-corrected chi connectivity index (χ0v) is 9.43. The Labute approximate surface area is 98.5 Å². The van der Waals surface area contributed by atoms with Gasteiger partial charge in [0, 0.05) is 6.61 Å². The van der Waals surface area contributed by atoms with Gasteiger partial charge in [-0.15, -0.1) is 0 Å². The van der Waals surface area contributed by atoms with Crippen LogP contribution in [0.1, 0.15) is 12.0 Å². The Kier molecular flexibility index (Phi) is 3.54. The third kappa shape index (κ3) is 2.40. The quantitative estimate of drug-likeness (QED) is 0.883. The summed E-state index contributed by atoms with van der Waals surface area (Å²) in [6, 6.07) is 5.79. The molecule has 16 heavy (non-hydrogen) atoms. The molecule has 0 bridgehead atoms. The minimum atomic E-state index is 0.197. The molecule has 0 saturated heterocycles. The maximum Gasteiger partial charge on any atom is 0.138 e. The van der Waals surface area contributed by atoms with Crippen LogP contribution in [0.15, 0.2) is 30.9 Å². The molecule has 84 valence electrons. The van der Waals surface area contributed by atoms with E-state index in [-0.39, 0.29) is 6.61 Å². The monoisotopic (exact) mass is 237 g/mol. The number of nitrogens with zero attached hydrogens (tertiary/aromatic N) is 3. The van der Waals surface area contributed by atoms with Crippen LogP contribution in [0.3, 0.4) is 0 Å². The Morgan fingerprint density at radius 2 is 2.25 bits per heavy atom. The van der Waals surface area contributed by atoms with Crippen LogP contribution in [0.4, 0.5) is 0 Å². The molecule has 1 heterocycles. The molecule has 4 nitrogen and oxygen atoms in total. The molecular weight excluding hydrogens is 226 g/mol. The van der Waals surface area contributed by atoms with Gasteiger partial charge in [0.25, 0.3) is 0 Å². The Balaban J connectivity index is 2.23. The van der Waals surface area contributed by atoms with Gasteiger partial charge in [0.1, 0.15) is 12.7 Å². The fourth-order valence-corrected chi connectivity index (χ4v) is 1.80. The van der Waals surface area contributed by atoms with Gasteiger partial charge in [-0.3, -0.25) is 0 Å². The fraction of sp³-hybridized carbons (Fsp3) is 0.273. The molecule has 1 aromatic heterocycles. The number of aliphatic hydroxyl groups excluding tert-OH is 1. The van der Waals surface area contributed by atoms with E-state index in [2.05, 4.69) is 10.1 Å². The lowest BCUT2D eigenvalue weighted by Gasteiger charge is -2.06. The first kappa shape index (κ1) is 11.1. The van der Waals surface area contributed by atoms with E-state index in [0.717, 1.165) is 24.1 Å². The molecule has 0 aliphatic rings. The molecule has 0 aliphatic carbocycles.